The van der Waals surface area contributed by atoms with Gasteiger partial charge in [-0.15, -0.1) is 0 Å². The fourth-order valence-electron chi connectivity index (χ4n) is 1.98. The second-order valence-electron chi connectivity index (χ2n) is 5.85. The third kappa shape index (κ3) is 12.2. The molecule has 0 aliphatic heterocycles. The largest absolute Gasteiger partial charge is 0.480 e. The van der Waals surface area contributed by atoms with Crippen molar-refractivity contribution in [3.8, 4) is 0 Å². The van der Waals surface area contributed by atoms with Gasteiger partial charge in [-0.05, 0) is 12.8 Å². The molecule has 2 atom stereocenters. The van der Waals surface area contributed by atoms with Crippen LogP contribution in [0.3, 0.4) is 0 Å². The van der Waals surface area contributed by atoms with Crippen molar-refractivity contribution in [1.82, 2.24) is 10.6 Å². The highest BCUT2D eigenvalue weighted by Crippen LogP contribution is 2.00. The van der Waals surface area contributed by atoms with Crippen molar-refractivity contribution >= 4 is 23.8 Å². The van der Waals surface area contributed by atoms with Gasteiger partial charge in [0.05, 0.1) is 6.61 Å². The van der Waals surface area contributed by atoms with E-state index in [-0.39, 0.29) is 19.4 Å². The molecule has 0 radical (unpaired) electrons. The Morgan fingerprint density at radius 1 is 1.12 bits per heavy atom. The standard InChI is InChI=1S/C16H29N3O7/c1-2-3-4-5-8-26-10-12(15(23)18-9-14(21)22)19-13(20)7-6-11(17)16(24)25/h11-12H,2-10,17H2,1H3,(H,18,23)(H,19,20)(H,21,22)(H,24,25)/t11-,12-/m0/s1. The van der Waals surface area contributed by atoms with Crippen LogP contribution in [-0.4, -0.2) is 65.8 Å². The average molecular weight is 375 g/mol. The van der Waals surface area contributed by atoms with E-state index in [0.29, 0.717) is 6.61 Å². The Morgan fingerprint density at radius 2 is 1.81 bits per heavy atom. The predicted octanol–water partition coefficient (Wildman–Crippen LogP) is -0.539. The summed E-state index contributed by atoms with van der Waals surface area (Å²) in [6, 6.07) is -2.23. The van der Waals surface area contributed by atoms with Crippen LogP contribution in [0.15, 0.2) is 0 Å². The number of hydrogen-bond donors (Lipinski definition) is 5. The van der Waals surface area contributed by atoms with Gasteiger partial charge >= 0.3 is 11.9 Å². The van der Waals surface area contributed by atoms with E-state index in [1.807, 2.05) is 0 Å². The van der Waals surface area contributed by atoms with Crippen LogP contribution in [0.4, 0.5) is 0 Å². The zero-order valence-corrected chi connectivity index (χ0v) is 15.0. The third-order valence-electron chi connectivity index (χ3n) is 3.49. The van der Waals surface area contributed by atoms with E-state index in [1.165, 1.54) is 0 Å². The summed E-state index contributed by atoms with van der Waals surface area (Å²) in [5.41, 5.74) is 5.33. The Kier molecular flexibility index (Phi) is 12.8. The number of unbranched alkanes of at least 4 members (excludes halogenated alkanes) is 3. The average Bonchev–Trinajstić information content (AvgIpc) is 2.59. The molecule has 0 bridgehead atoms. The van der Waals surface area contributed by atoms with E-state index in [0.717, 1.165) is 25.7 Å². The van der Waals surface area contributed by atoms with Crippen molar-refractivity contribution in [3.63, 3.8) is 0 Å². The Hall–Kier alpha value is -2.20. The summed E-state index contributed by atoms with van der Waals surface area (Å²) < 4.78 is 5.39. The summed E-state index contributed by atoms with van der Waals surface area (Å²) in [7, 11) is 0. The molecule has 0 unspecified atom stereocenters. The number of hydrogen-bond acceptors (Lipinski definition) is 6. The molecule has 0 saturated carbocycles. The number of carboxylic acids is 2. The summed E-state index contributed by atoms with van der Waals surface area (Å²) in [5, 5.41) is 21.9. The van der Waals surface area contributed by atoms with Gasteiger partial charge in [0, 0.05) is 13.0 Å². The molecular formula is C16H29N3O7. The number of carboxylic acid groups (broad SMARTS) is 2. The molecule has 0 heterocycles. The van der Waals surface area contributed by atoms with Gasteiger partial charge in [0.25, 0.3) is 0 Å². The van der Waals surface area contributed by atoms with Gasteiger partial charge in [0.15, 0.2) is 0 Å². The highest BCUT2D eigenvalue weighted by atomic mass is 16.5. The first kappa shape index (κ1) is 23.8. The van der Waals surface area contributed by atoms with Gasteiger partial charge in [0.2, 0.25) is 11.8 Å². The quantitative estimate of drug-likeness (QED) is 0.238. The zero-order chi connectivity index (χ0) is 19.9. The van der Waals surface area contributed by atoms with Crippen molar-refractivity contribution in [2.45, 2.75) is 57.5 Å². The van der Waals surface area contributed by atoms with Crippen molar-refractivity contribution in [3.05, 3.63) is 0 Å². The molecule has 0 rings (SSSR count). The van der Waals surface area contributed by atoms with Crippen LogP contribution in [0, 0.1) is 0 Å². The Morgan fingerprint density at radius 3 is 2.38 bits per heavy atom. The van der Waals surface area contributed by atoms with Gasteiger partial charge in [-0.2, -0.15) is 0 Å². The summed E-state index contributed by atoms with van der Waals surface area (Å²) >= 11 is 0. The van der Waals surface area contributed by atoms with E-state index < -0.39 is 42.4 Å². The van der Waals surface area contributed by atoms with Crippen molar-refractivity contribution in [2.75, 3.05) is 19.8 Å². The Balaban J connectivity index is 4.46. The Labute approximate surface area is 152 Å². The molecule has 10 nitrogen and oxygen atoms in total. The number of ether oxygens (including phenoxy) is 1. The lowest BCUT2D eigenvalue weighted by atomic mass is 10.1. The Bertz CT molecular complexity index is 471. The third-order valence-corrected chi connectivity index (χ3v) is 3.49. The first-order valence-electron chi connectivity index (χ1n) is 8.62. The zero-order valence-electron chi connectivity index (χ0n) is 15.0. The first-order valence-corrected chi connectivity index (χ1v) is 8.62. The summed E-state index contributed by atoms with van der Waals surface area (Å²) in [6.07, 6.45) is 3.71. The molecular weight excluding hydrogens is 346 g/mol. The monoisotopic (exact) mass is 375 g/mol. The molecule has 0 aliphatic carbocycles. The molecule has 0 fully saturated rings. The van der Waals surface area contributed by atoms with Gasteiger partial charge in [0.1, 0.15) is 18.6 Å². The van der Waals surface area contributed by atoms with Crippen LogP contribution in [0.2, 0.25) is 0 Å². The van der Waals surface area contributed by atoms with E-state index in [2.05, 4.69) is 17.6 Å². The minimum Gasteiger partial charge on any atom is -0.480 e. The minimum atomic E-state index is -1.22. The van der Waals surface area contributed by atoms with E-state index in [1.54, 1.807) is 0 Å². The predicted molar refractivity (Wildman–Crippen MR) is 92.4 cm³/mol. The van der Waals surface area contributed by atoms with Crippen LogP contribution in [0.25, 0.3) is 0 Å². The van der Waals surface area contributed by atoms with E-state index in [9.17, 15) is 19.2 Å². The van der Waals surface area contributed by atoms with Gasteiger partial charge < -0.3 is 31.3 Å². The molecule has 0 aromatic heterocycles. The highest BCUT2D eigenvalue weighted by Gasteiger charge is 2.22. The SMILES string of the molecule is CCCCCCOC[C@H](NC(=O)CC[C@H](N)C(=O)O)C(=O)NCC(=O)O. The number of nitrogens with two attached hydrogens (primary N) is 1. The molecule has 26 heavy (non-hydrogen) atoms. The molecule has 150 valence electrons. The fourth-order valence-corrected chi connectivity index (χ4v) is 1.98. The lowest BCUT2D eigenvalue weighted by molar-refractivity contribution is -0.139. The van der Waals surface area contributed by atoms with Crippen LogP contribution in [0.5, 0.6) is 0 Å². The summed E-state index contributed by atoms with van der Waals surface area (Å²) in [4.78, 5) is 45.1. The molecule has 0 aromatic carbocycles. The second-order valence-corrected chi connectivity index (χ2v) is 5.85. The number of carbonyl (C=O) groups is 4. The van der Waals surface area contributed by atoms with Crippen LogP contribution in [-0.2, 0) is 23.9 Å². The van der Waals surface area contributed by atoms with E-state index in [4.69, 9.17) is 20.7 Å². The van der Waals surface area contributed by atoms with Crippen molar-refractivity contribution < 1.29 is 34.1 Å². The maximum Gasteiger partial charge on any atom is 0.322 e. The molecule has 2 amide bonds. The van der Waals surface area contributed by atoms with Crippen LogP contribution >= 0.6 is 0 Å². The normalized spacial score (nSPS) is 12.8. The lowest BCUT2D eigenvalue weighted by Gasteiger charge is -2.18. The lowest BCUT2D eigenvalue weighted by Crippen LogP contribution is -2.50. The topological polar surface area (TPSA) is 168 Å². The minimum absolute atomic E-state index is 0.0808. The molecule has 0 aliphatic rings. The maximum atomic E-state index is 12.0. The van der Waals surface area contributed by atoms with Gasteiger partial charge in [-0.3, -0.25) is 19.2 Å². The smallest absolute Gasteiger partial charge is 0.322 e. The van der Waals surface area contributed by atoms with Gasteiger partial charge in [-0.25, -0.2) is 0 Å². The summed E-state index contributed by atoms with van der Waals surface area (Å²) in [5.74, 6) is -3.68. The molecule has 6 N–H and O–H groups in total. The molecule has 0 aromatic rings. The molecule has 0 saturated heterocycles. The van der Waals surface area contributed by atoms with E-state index >= 15 is 0 Å². The molecule has 0 spiro atoms. The molecule has 10 heteroatoms. The number of aliphatic carboxylic acids is 2. The van der Waals surface area contributed by atoms with Crippen molar-refractivity contribution in [1.29, 1.82) is 0 Å². The number of nitrogens with one attached hydrogen (secondary N) is 2. The number of carbonyl (C=O) groups excluding carboxylic acids is 2. The van der Waals surface area contributed by atoms with Crippen molar-refractivity contribution in [2.24, 2.45) is 5.73 Å². The second kappa shape index (κ2) is 14.0. The van der Waals surface area contributed by atoms with Gasteiger partial charge in [-0.1, -0.05) is 26.2 Å². The maximum absolute atomic E-state index is 12.0. The van der Waals surface area contributed by atoms with Crippen LogP contribution < -0.4 is 16.4 Å². The number of amides is 2. The fraction of sp³-hybridized carbons (Fsp3) is 0.750. The highest BCUT2D eigenvalue weighted by molar-refractivity contribution is 5.89. The number of rotatable bonds is 15. The van der Waals surface area contributed by atoms with Crippen LogP contribution in [0.1, 0.15) is 45.4 Å². The first-order chi connectivity index (χ1) is 12.3. The summed E-state index contributed by atoms with van der Waals surface area (Å²) in [6.45, 7) is 1.82.